The van der Waals surface area contributed by atoms with E-state index < -0.39 is 0 Å². The van der Waals surface area contributed by atoms with Gasteiger partial charge in [0.25, 0.3) is 0 Å². The van der Waals surface area contributed by atoms with Crippen LogP contribution in [-0.4, -0.2) is 25.9 Å². The van der Waals surface area contributed by atoms with Crippen LogP contribution in [0.4, 0.5) is 5.69 Å². The van der Waals surface area contributed by atoms with Gasteiger partial charge in [0.1, 0.15) is 0 Å². The molecule has 0 radical (unpaired) electrons. The van der Waals surface area contributed by atoms with Crippen LogP contribution in [0.25, 0.3) is 11.4 Å². The van der Waals surface area contributed by atoms with Gasteiger partial charge in [-0.25, -0.2) is 0 Å². The molecule has 128 valence electrons. The minimum atomic E-state index is -0.284. The number of nitrogens with zero attached hydrogens (tertiary/aromatic N) is 3. The van der Waals surface area contributed by atoms with E-state index >= 15 is 0 Å². The molecule has 0 saturated heterocycles. The van der Waals surface area contributed by atoms with Crippen LogP contribution in [0.2, 0.25) is 0 Å². The van der Waals surface area contributed by atoms with E-state index in [1.807, 2.05) is 74.0 Å². The number of hydrogen-bond acceptors (Lipinski definition) is 4. The maximum Gasteiger partial charge on any atom is 0.237 e. The van der Waals surface area contributed by atoms with Gasteiger partial charge in [-0.3, -0.25) is 4.79 Å². The minimum Gasteiger partial charge on any atom is -0.325 e. The van der Waals surface area contributed by atoms with Crippen molar-refractivity contribution in [1.82, 2.24) is 14.8 Å². The second-order valence-electron chi connectivity index (χ2n) is 5.85. The fourth-order valence-corrected chi connectivity index (χ4v) is 3.24. The van der Waals surface area contributed by atoms with Crippen LogP contribution in [0.15, 0.2) is 59.8 Å². The lowest BCUT2D eigenvalue weighted by molar-refractivity contribution is -0.115. The average molecular weight is 352 g/mol. The monoisotopic (exact) mass is 352 g/mol. The number of rotatable bonds is 5. The molecule has 3 rings (SSSR count). The molecule has 1 aromatic heterocycles. The molecular formula is C19H20N4OS. The number of carbonyl (C=O) groups excluding carboxylic acids is 1. The molecule has 1 atom stereocenters. The number of carbonyl (C=O) groups is 1. The summed E-state index contributed by atoms with van der Waals surface area (Å²) < 4.78 is 1.92. The first-order chi connectivity index (χ1) is 12.0. The summed E-state index contributed by atoms with van der Waals surface area (Å²) in [7, 11) is 1.92. The van der Waals surface area contributed by atoms with Gasteiger partial charge in [-0.2, -0.15) is 0 Å². The maximum atomic E-state index is 12.4. The molecule has 5 nitrogen and oxygen atoms in total. The summed E-state index contributed by atoms with van der Waals surface area (Å²) >= 11 is 1.39. The van der Waals surface area contributed by atoms with Gasteiger partial charge in [0.2, 0.25) is 5.91 Å². The third-order valence-corrected chi connectivity index (χ3v) is 4.94. The zero-order valence-corrected chi connectivity index (χ0v) is 15.2. The van der Waals surface area contributed by atoms with Crippen LogP contribution in [0.3, 0.4) is 0 Å². The number of nitrogens with one attached hydrogen (secondary N) is 1. The summed E-state index contributed by atoms with van der Waals surface area (Å²) in [5.74, 6) is 0.734. The molecule has 0 aliphatic carbocycles. The number of aromatic nitrogens is 3. The van der Waals surface area contributed by atoms with Crippen molar-refractivity contribution in [1.29, 1.82) is 0 Å². The van der Waals surface area contributed by atoms with E-state index in [2.05, 4.69) is 21.6 Å². The van der Waals surface area contributed by atoms with E-state index in [9.17, 15) is 4.79 Å². The van der Waals surface area contributed by atoms with Gasteiger partial charge >= 0.3 is 0 Å². The van der Waals surface area contributed by atoms with Crippen molar-refractivity contribution in [2.45, 2.75) is 24.3 Å². The molecule has 0 bridgehead atoms. The van der Waals surface area contributed by atoms with Gasteiger partial charge in [-0.15, -0.1) is 10.2 Å². The van der Waals surface area contributed by atoms with E-state index in [-0.39, 0.29) is 11.2 Å². The first-order valence-corrected chi connectivity index (χ1v) is 8.91. The molecule has 2 aromatic carbocycles. The van der Waals surface area contributed by atoms with Gasteiger partial charge in [-0.05, 0) is 32.0 Å². The Labute approximate surface area is 151 Å². The number of aryl methyl sites for hydroxylation is 1. The summed E-state index contributed by atoms with van der Waals surface area (Å²) in [5.41, 5.74) is 2.98. The Hall–Kier alpha value is -2.60. The Balaban J connectivity index is 1.72. The lowest BCUT2D eigenvalue weighted by Crippen LogP contribution is -2.22. The van der Waals surface area contributed by atoms with Crippen LogP contribution < -0.4 is 5.32 Å². The quantitative estimate of drug-likeness (QED) is 0.707. The zero-order chi connectivity index (χ0) is 17.8. The van der Waals surface area contributed by atoms with Crippen LogP contribution in [0, 0.1) is 6.92 Å². The van der Waals surface area contributed by atoms with Crippen LogP contribution in [-0.2, 0) is 11.8 Å². The number of benzene rings is 2. The molecule has 0 aliphatic heterocycles. The zero-order valence-electron chi connectivity index (χ0n) is 14.4. The molecule has 3 aromatic rings. The number of anilines is 1. The van der Waals surface area contributed by atoms with E-state index in [0.29, 0.717) is 5.16 Å². The Bertz CT molecular complexity index is 876. The Morgan fingerprint density at radius 1 is 1.12 bits per heavy atom. The van der Waals surface area contributed by atoms with Gasteiger partial charge in [-0.1, -0.05) is 53.7 Å². The fourth-order valence-electron chi connectivity index (χ4n) is 2.43. The van der Waals surface area contributed by atoms with Gasteiger partial charge in [0, 0.05) is 18.3 Å². The van der Waals surface area contributed by atoms with Crippen molar-refractivity contribution in [3.8, 4) is 11.4 Å². The minimum absolute atomic E-state index is 0.0590. The smallest absolute Gasteiger partial charge is 0.237 e. The second kappa shape index (κ2) is 7.53. The van der Waals surface area contributed by atoms with Crippen molar-refractivity contribution in [2.75, 3.05) is 5.32 Å². The summed E-state index contributed by atoms with van der Waals surface area (Å²) in [4.78, 5) is 12.4. The third-order valence-electron chi connectivity index (χ3n) is 3.80. The van der Waals surface area contributed by atoms with E-state index in [0.717, 1.165) is 17.1 Å². The molecule has 1 unspecified atom stereocenters. The molecule has 0 aliphatic rings. The van der Waals surface area contributed by atoms with Gasteiger partial charge in [0.05, 0.1) is 5.25 Å². The van der Waals surface area contributed by atoms with E-state index in [1.165, 1.54) is 17.3 Å². The first-order valence-electron chi connectivity index (χ1n) is 8.03. The molecule has 0 fully saturated rings. The Morgan fingerprint density at radius 2 is 1.88 bits per heavy atom. The van der Waals surface area contributed by atoms with Crippen LogP contribution >= 0.6 is 11.8 Å². The van der Waals surface area contributed by atoms with Crippen molar-refractivity contribution < 1.29 is 4.79 Å². The average Bonchev–Trinajstić information content (AvgIpc) is 2.96. The van der Waals surface area contributed by atoms with Gasteiger partial charge in [0.15, 0.2) is 11.0 Å². The Morgan fingerprint density at radius 3 is 2.60 bits per heavy atom. The largest absolute Gasteiger partial charge is 0.325 e. The van der Waals surface area contributed by atoms with E-state index in [1.54, 1.807) is 0 Å². The molecule has 1 amide bonds. The normalized spacial score (nSPS) is 12.0. The summed E-state index contributed by atoms with van der Waals surface area (Å²) in [5, 5.41) is 11.9. The molecule has 1 heterocycles. The fraction of sp³-hybridized carbons (Fsp3) is 0.211. The van der Waals surface area contributed by atoms with Crippen molar-refractivity contribution in [3.05, 3.63) is 60.2 Å². The molecule has 0 spiro atoms. The van der Waals surface area contributed by atoms with Crippen molar-refractivity contribution >= 4 is 23.4 Å². The highest BCUT2D eigenvalue weighted by Crippen LogP contribution is 2.26. The number of hydrogen-bond donors (Lipinski definition) is 1. The highest BCUT2D eigenvalue weighted by Gasteiger charge is 2.19. The number of thioether (sulfide) groups is 1. The predicted molar refractivity (Wildman–Crippen MR) is 102 cm³/mol. The second-order valence-corrected chi connectivity index (χ2v) is 7.16. The molecule has 1 N–H and O–H groups in total. The Kier molecular flexibility index (Phi) is 5.19. The molecule has 25 heavy (non-hydrogen) atoms. The maximum absolute atomic E-state index is 12.4. The van der Waals surface area contributed by atoms with Crippen LogP contribution in [0.1, 0.15) is 12.5 Å². The highest BCUT2D eigenvalue weighted by molar-refractivity contribution is 8.00. The topological polar surface area (TPSA) is 59.8 Å². The summed E-state index contributed by atoms with van der Waals surface area (Å²) in [6.07, 6.45) is 0. The number of para-hydroxylation sites is 1. The lowest BCUT2D eigenvalue weighted by Gasteiger charge is -2.11. The first kappa shape index (κ1) is 17.2. The lowest BCUT2D eigenvalue weighted by atomic mass is 10.1. The van der Waals surface area contributed by atoms with Crippen LogP contribution in [0.5, 0.6) is 0 Å². The van der Waals surface area contributed by atoms with Crippen molar-refractivity contribution in [2.24, 2.45) is 7.05 Å². The molecule has 0 saturated carbocycles. The molecule has 6 heteroatoms. The molecular weight excluding hydrogens is 332 g/mol. The standard InChI is InChI=1S/C19H20N4OS/c1-13-8-7-9-15(12-13)17-21-22-19(23(17)3)25-14(2)18(24)20-16-10-5-4-6-11-16/h4-12,14H,1-3H3,(H,20,24). The van der Waals surface area contributed by atoms with E-state index in [4.69, 9.17) is 0 Å². The predicted octanol–water partition coefficient (Wildman–Crippen LogP) is 3.91. The third kappa shape index (κ3) is 4.09. The summed E-state index contributed by atoms with van der Waals surface area (Å²) in [6, 6.07) is 17.6. The van der Waals surface area contributed by atoms with Gasteiger partial charge < -0.3 is 9.88 Å². The SMILES string of the molecule is Cc1cccc(-c2nnc(SC(C)C(=O)Nc3ccccc3)n2C)c1. The highest BCUT2D eigenvalue weighted by atomic mass is 32.2. The summed E-state index contributed by atoms with van der Waals surface area (Å²) in [6.45, 7) is 3.91. The number of amides is 1. The van der Waals surface area contributed by atoms with Crippen molar-refractivity contribution in [3.63, 3.8) is 0 Å².